The van der Waals surface area contributed by atoms with Gasteiger partial charge in [0.1, 0.15) is 12.4 Å². The van der Waals surface area contributed by atoms with E-state index in [1.165, 1.54) is 45.3 Å². The van der Waals surface area contributed by atoms with Gasteiger partial charge in [0.05, 0.1) is 11.9 Å². The summed E-state index contributed by atoms with van der Waals surface area (Å²) in [5.74, 6) is 1.73. The average molecular weight is 510 g/mol. The van der Waals surface area contributed by atoms with Gasteiger partial charge in [0.25, 0.3) is 0 Å². The van der Waals surface area contributed by atoms with Crippen LogP contribution in [-0.2, 0) is 6.54 Å². The van der Waals surface area contributed by atoms with Crippen molar-refractivity contribution in [3.63, 3.8) is 0 Å². The molecule has 0 amide bonds. The first-order chi connectivity index (χ1) is 13.8. The summed E-state index contributed by atoms with van der Waals surface area (Å²) in [6.45, 7) is 8.11. The molecule has 29 heavy (non-hydrogen) atoms. The largest absolute Gasteiger partial charge is 0.357 e. The summed E-state index contributed by atoms with van der Waals surface area (Å²) >= 11 is 0. The normalized spacial score (nSPS) is 15.4. The number of guanidine groups is 1. The Hall–Kier alpha value is -1.61. The van der Waals surface area contributed by atoms with Gasteiger partial charge in [-0.15, -0.1) is 24.0 Å². The van der Waals surface area contributed by atoms with Gasteiger partial charge >= 0.3 is 0 Å². The third-order valence-electron chi connectivity index (χ3n) is 5.09. The molecule has 6 nitrogen and oxygen atoms in total. The third kappa shape index (κ3) is 8.34. The van der Waals surface area contributed by atoms with Gasteiger partial charge in [-0.2, -0.15) is 0 Å². The van der Waals surface area contributed by atoms with Crippen LogP contribution in [0.15, 0.2) is 41.5 Å². The lowest BCUT2D eigenvalue weighted by molar-refractivity contribution is 0.282. The standard InChI is InChI=1S/C22H34N6.HI/c1-2-23-22(24-13-10-16-28-14-8-3-4-9-15-28)26-18-21-25-17-20(27-21)19-11-6-5-7-12-19;/h5-7,11-12,17H,2-4,8-10,13-16,18H2,1H3,(H,25,27)(H2,23,24,26);1H. The Labute approximate surface area is 192 Å². The highest BCUT2D eigenvalue weighted by Crippen LogP contribution is 2.16. The van der Waals surface area contributed by atoms with Crippen molar-refractivity contribution >= 4 is 29.9 Å². The fourth-order valence-electron chi connectivity index (χ4n) is 3.57. The second kappa shape index (κ2) is 13.6. The molecule has 1 saturated heterocycles. The Balaban J connectivity index is 0.00000300. The quantitative estimate of drug-likeness (QED) is 0.217. The molecule has 2 aromatic rings. The molecule has 1 aromatic carbocycles. The molecule has 0 unspecified atom stereocenters. The number of nitrogens with zero attached hydrogens (tertiary/aromatic N) is 3. The van der Waals surface area contributed by atoms with Crippen LogP contribution < -0.4 is 10.6 Å². The van der Waals surface area contributed by atoms with Crippen LogP contribution in [0, 0.1) is 0 Å². The SMILES string of the molecule is CCNC(=NCc1ncc(-c2ccccc2)[nH]1)NCCCN1CCCCCC1.I. The number of likely N-dealkylation sites (tertiary alicyclic amines) is 1. The van der Waals surface area contributed by atoms with Crippen LogP contribution >= 0.6 is 24.0 Å². The molecule has 0 spiro atoms. The maximum absolute atomic E-state index is 4.68. The molecule has 3 rings (SSSR count). The van der Waals surface area contributed by atoms with Gasteiger partial charge < -0.3 is 20.5 Å². The summed E-state index contributed by atoms with van der Waals surface area (Å²) in [5.41, 5.74) is 2.17. The number of aromatic amines is 1. The van der Waals surface area contributed by atoms with E-state index < -0.39 is 0 Å². The first-order valence-electron chi connectivity index (χ1n) is 10.7. The third-order valence-corrected chi connectivity index (χ3v) is 5.09. The zero-order valence-corrected chi connectivity index (χ0v) is 19.8. The molecule has 160 valence electrons. The molecule has 1 aromatic heterocycles. The maximum atomic E-state index is 4.68. The first kappa shape index (κ1) is 23.7. The second-order valence-electron chi connectivity index (χ2n) is 7.34. The zero-order chi connectivity index (χ0) is 19.4. The van der Waals surface area contributed by atoms with E-state index in [0.717, 1.165) is 42.6 Å². The van der Waals surface area contributed by atoms with E-state index in [-0.39, 0.29) is 24.0 Å². The van der Waals surface area contributed by atoms with Gasteiger partial charge in [-0.25, -0.2) is 9.98 Å². The molecule has 2 heterocycles. The number of rotatable bonds is 8. The fourth-order valence-corrected chi connectivity index (χ4v) is 3.57. The minimum Gasteiger partial charge on any atom is -0.357 e. The molecular formula is C22H35IN6. The van der Waals surface area contributed by atoms with E-state index in [9.17, 15) is 0 Å². The van der Waals surface area contributed by atoms with E-state index in [2.05, 4.69) is 49.6 Å². The molecule has 1 fully saturated rings. The number of H-pyrrole nitrogens is 1. The minimum absolute atomic E-state index is 0. The molecule has 3 N–H and O–H groups in total. The molecular weight excluding hydrogens is 475 g/mol. The van der Waals surface area contributed by atoms with Crippen LogP contribution in [0.1, 0.15) is 44.9 Å². The average Bonchev–Trinajstić information content (AvgIpc) is 3.05. The summed E-state index contributed by atoms with van der Waals surface area (Å²) in [5, 5.41) is 6.78. The monoisotopic (exact) mass is 510 g/mol. The van der Waals surface area contributed by atoms with Crippen molar-refractivity contribution in [3.05, 3.63) is 42.4 Å². The predicted octanol–water partition coefficient (Wildman–Crippen LogP) is 4.02. The molecule has 0 saturated carbocycles. The van der Waals surface area contributed by atoms with Crippen molar-refractivity contribution < 1.29 is 0 Å². The van der Waals surface area contributed by atoms with E-state index >= 15 is 0 Å². The van der Waals surface area contributed by atoms with E-state index in [1.807, 2.05) is 24.4 Å². The number of hydrogen-bond acceptors (Lipinski definition) is 3. The number of imidazole rings is 1. The summed E-state index contributed by atoms with van der Waals surface area (Å²) in [6.07, 6.45) is 8.51. The topological polar surface area (TPSA) is 68.3 Å². The number of aliphatic imine (C=N–C) groups is 1. The van der Waals surface area contributed by atoms with E-state index in [1.54, 1.807) is 0 Å². The Morgan fingerprint density at radius 3 is 2.59 bits per heavy atom. The van der Waals surface area contributed by atoms with Crippen molar-refractivity contribution in [2.24, 2.45) is 4.99 Å². The highest BCUT2D eigenvalue weighted by molar-refractivity contribution is 14.0. The molecule has 0 bridgehead atoms. The smallest absolute Gasteiger partial charge is 0.191 e. The van der Waals surface area contributed by atoms with Crippen LogP contribution in [0.2, 0.25) is 0 Å². The lowest BCUT2D eigenvalue weighted by atomic mass is 10.2. The van der Waals surface area contributed by atoms with Gasteiger partial charge in [0.15, 0.2) is 5.96 Å². The number of hydrogen-bond donors (Lipinski definition) is 3. The molecule has 0 atom stereocenters. The Kier molecular flexibility index (Phi) is 11.1. The lowest BCUT2D eigenvalue weighted by Crippen LogP contribution is -2.39. The molecule has 0 radical (unpaired) electrons. The van der Waals surface area contributed by atoms with Crippen LogP contribution in [0.3, 0.4) is 0 Å². The Morgan fingerprint density at radius 1 is 1.10 bits per heavy atom. The van der Waals surface area contributed by atoms with Gasteiger partial charge in [-0.1, -0.05) is 43.2 Å². The lowest BCUT2D eigenvalue weighted by Gasteiger charge is -2.20. The number of benzene rings is 1. The minimum atomic E-state index is 0. The highest BCUT2D eigenvalue weighted by atomic mass is 127. The van der Waals surface area contributed by atoms with Crippen molar-refractivity contribution in [3.8, 4) is 11.3 Å². The summed E-state index contributed by atoms with van der Waals surface area (Å²) in [7, 11) is 0. The first-order valence-corrected chi connectivity index (χ1v) is 10.7. The number of halogens is 1. The molecule has 7 heteroatoms. The Bertz CT molecular complexity index is 707. The maximum Gasteiger partial charge on any atom is 0.191 e. The van der Waals surface area contributed by atoms with Crippen LogP contribution in [0.25, 0.3) is 11.3 Å². The molecule has 0 aliphatic carbocycles. The summed E-state index contributed by atoms with van der Waals surface area (Å²) in [6, 6.07) is 10.2. The van der Waals surface area contributed by atoms with Gasteiger partial charge in [-0.3, -0.25) is 0 Å². The number of aromatic nitrogens is 2. The van der Waals surface area contributed by atoms with Crippen LogP contribution in [0.5, 0.6) is 0 Å². The summed E-state index contributed by atoms with van der Waals surface area (Å²) < 4.78 is 0. The van der Waals surface area contributed by atoms with Crippen molar-refractivity contribution in [1.29, 1.82) is 0 Å². The highest BCUT2D eigenvalue weighted by Gasteiger charge is 2.08. The fraction of sp³-hybridized carbons (Fsp3) is 0.545. The van der Waals surface area contributed by atoms with Crippen molar-refractivity contribution in [1.82, 2.24) is 25.5 Å². The van der Waals surface area contributed by atoms with Gasteiger partial charge in [0.2, 0.25) is 0 Å². The van der Waals surface area contributed by atoms with Crippen LogP contribution in [-0.4, -0.2) is 53.6 Å². The van der Waals surface area contributed by atoms with Crippen molar-refractivity contribution in [2.75, 3.05) is 32.7 Å². The molecule has 1 aliphatic rings. The molecule has 1 aliphatic heterocycles. The van der Waals surface area contributed by atoms with Gasteiger partial charge in [-0.05, 0) is 51.4 Å². The Morgan fingerprint density at radius 2 is 1.86 bits per heavy atom. The summed E-state index contributed by atoms with van der Waals surface area (Å²) in [4.78, 5) is 15.1. The van der Waals surface area contributed by atoms with Gasteiger partial charge in [0, 0.05) is 13.1 Å². The van der Waals surface area contributed by atoms with E-state index in [0.29, 0.717) is 6.54 Å². The van der Waals surface area contributed by atoms with Crippen LogP contribution in [0.4, 0.5) is 0 Å². The zero-order valence-electron chi connectivity index (χ0n) is 17.5. The van der Waals surface area contributed by atoms with Crippen molar-refractivity contribution in [2.45, 2.75) is 45.6 Å². The van der Waals surface area contributed by atoms with E-state index in [4.69, 9.17) is 0 Å². The second-order valence-corrected chi connectivity index (χ2v) is 7.34. The number of nitrogens with one attached hydrogen (secondary N) is 3. The predicted molar refractivity (Wildman–Crippen MR) is 132 cm³/mol.